The standard InChI is InChI=1S/C12H10BrN3OS/c1-8(10-2-3-11(13)18-10)15-16-12(17)9-4-6-14-7-5-9/h2-7H,1H3,(H,16,17)/b15-8+. The van der Waals surface area contributed by atoms with E-state index in [1.54, 1.807) is 35.9 Å². The minimum absolute atomic E-state index is 0.243. The van der Waals surface area contributed by atoms with Crippen LogP contribution in [-0.4, -0.2) is 16.6 Å². The topological polar surface area (TPSA) is 54.4 Å². The first-order chi connectivity index (χ1) is 8.66. The zero-order valence-electron chi connectivity index (χ0n) is 9.55. The van der Waals surface area contributed by atoms with Crippen molar-refractivity contribution in [1.82, 2.24) is 10.4 Å². The molecule has 0 unspecified atom stereocenters. The number of carbonyl (C=O) groups excluding carboxylic acids is 1. The molecule has 0 saturated carbocycles. The lowest BCUT2D eigenvalue weighted by atomic mass is 10.3. The summed E-state index contributed by atoms with van der Waals surface area (Å²) < 4.78 is 1.03. The number of amides is 1. The van der Waals surface area contributed by atoms with Crippen LogP contribution in [0.15, 0.2) is 45.5 Å². The molecule has 0 spiro atoms. The Hall–Kier alpha value is -1.53. The molecule has 4 nitrogen and oxygen atoms in total. The van der Waals surface area contributed by atoms with Gasteiger partial charge in [0.1, 0.15) is 0 Å². The van der Waals surface area contributed by atoms with Crippen LogP contribution in [0.25, 0.3) is 0 Å². The van der Waals surface area contributed by atoms with Gasteiger partial charge in [-0.1, -0.05) is 0 Å². The van der Waals surface area contributed by atoms with Crippen LogP contribution in [-0.2, 0) is 0 Å². The summed E-state index contributed by atoms with van der Waals surface area (Å²) in [7, 11) is 0. The van der Waals surface area contributed by atoms with Gasteiger partial charge < -0.3 is 0 Å². The third-order valence-corrected chi connectivity index (χ3v) is 3.93. The van der Waals surface area contributed by atoms with Crippen LogP contribution in [0.1, 0.15) is 22.2 Å². The van der Waals surface area contributed by atoms with E-state index in [1.807, 2.05) is 19.1 Å². The first kappa shape index (κ1) is 12.9. The van der Waals surface area contributed by atoms with E-state index in [4.69, 9.17) is 0 Å². The summed E-state index contributed by atoms with van der Waals surface area (Å²) in [5.74, 6) is -0.243. The van der Waals surface area contributed by atoms with Crippen molar-refractivity contribution < 1.29 is 4.79 Å². The first-order valence-electron chi connectivity index (χ1n) is 5.17. The molecule has 0 fully saturated rings. The van der Waals surface area contributed by atoms with Crippen molar-refractivity contribution in [2.75, 3.05) is 0 Å². The molecule has 2 heterocycles. The number of nitrogens with one attached hydrogen (secondary N) is 1. The van der Waals surface area contributed by atoms with Gasteiger partial charge in [-0.2, -0.15) is 5.10 Å². The molecule has 0 aliphatic carbocycles. The molecule has 0 atom stereocenters. The fourth-order valence-electron chi connectivity index (χ4n) is 1.27. The van der Waals surface area contributed by atoms with Crippen LogP contribution in [0.5, 0.6) is 0 Å². The van der Waals surface area contributed by atoms with E-state index >= 15 is 0 Å². The van der Waals surface area contributed by atoms with Crippen LogP contribution in [0, 0.1) is 0 Å². The normalized spacial score (nSPS) is 11.3. The number of aromatic nitrogens is 1. The highest BCUT2D eigenvalue weighted by Gasteiger charge is 2.05. The van der Waals surface area contributed by atoms with Crippen molar-refractivity contribution in [3.63, 3.8) is 0 Å². The quantitative estimate of drug-likeness (QED) is 0.697. The lowest BCUT2D eigenvalue weighted by Crippen LogP contribution is -2.19. The van der Waals surface area contributed by atoms with Crippen LogP contribution in [0.2, 0.25) is 0 Å². The Morgan fingerprint density at radius 1 is 1.33 bits per heavy atom. The molecule has 18 heavy (non-hydrogen) atoms. The SMILES string of the molecule is C/C(=N\NC(=O)c1ccncc1)c1ccc(Br)s1. The average molecular weight is 324 g/mol. The summed E-state index contributed by atoms with van der Waals surface area (Å²) in [6.45, 7) is 1.85. The van der Waals surface area contributed by atoms with Crippen molar-refractivity contribution in [3.8, 4) is 0 Å². The van der Waals surface area contributed by atoms with Crippen molar-refractivity contribution in [2.24, 2.45) is 5.10 Å². The zero-order chi connectivity index (χ0) is 13.0. The number of thiophene rings is 1. The lowest BCUT2D eigenvalue weighted by molar-refractivity contribution is 0.0954. The number of hydrogen-bond acceptors (Lipinski definition) is 4. The number of hydrazone groups is 1. The maximum atomic E-state index is 11.7. The second-order valence-electron chi connectivity index (χ2n) is 3.48. The highest BCUT2D eigenvalue weighted by Crippen LogP contribution is 2.22. The van der Waals surface area contributed by atoms with Crippen molar-refractivity contribution in [3.05, 3.63) is 50.9 Å². The molecule has 2 rings (SSSR count). The Labute approximate surface area is 117 Å². The molecule has 6 heteroatoms. The van der Waals surface area contributed by atoms with Crippen molar-refractivity contribution in [1.29, 1.82) is 0 Å². The molecular weight excluding hydrogens is 314 g/mol. The van der Waals surface area contributed by atoms with Gasteiger partial charge in [-0.15, -0.1) is 11.3 Å². The highest BCUT2D eigenvalue weighted by atomic mass is 79.9. The fourth-order valence-corrected chi connectivity index (χ4v) is 2.60. The van der Waals surface area contributed by atoms with Gasteiger partial charge in [0.25, 0.3) is 5.91 Å². The van der Waals surface area contributed by atoms with E-state index in [1.165, 1.54) is 0 Å². The molecule has 92 valence electrons. The van der Waals surface area contributed by atoms with Gasteiger partial charge >= 0.3 is 0 Å². The minimum Gasteiger partial charge on any atom is -0.267 e. The molecular formula is C12H10BrN3OS. The molecule has 0 aliphatic rings. The molecule has 0 aromatic carbocycles. The molecule has 1 amide bonds. The van der Waals surface area contributed by atoms with E-state index in [9.17, 15) is 4.79 Å². The van der Waals surface area contributed by atoms with Crippen molar-refractivity contribution in [2.45, 2.75) is 6.92 Å². The monoisotopic (exact) mass is 323 g/mol. The second kappa shape index (κ2) is 5.88. The highest BCUT2D eigenvalue weighted by molar-refractivity contribution is 9.11. The van der Waals surface area contributed by atoms with Gasteiger partial charge in [-0.05, 0) is 47.1 Å². The van der Waals surface area contributed by atoms with E-state index in [-0.39, 0.29) is 5.91 Å². The fraction of sp³-hybridized carbons (Fsp3) is 0.0833. The van der Waals surface area contributed by atoms with E-state index in [0.717, 1.165) is 14.4 Å². The first-order valence-corrected chi connectivity index (χ1v) is 6.78. The van der Waals surface area contributed by atoms with Crippen LogP contribution in [0.3, 0.4) is 0 Å². The molecule has 0 radical (unpaired) electrons. The third kappa shape index (κ3) is 3.24. The Kier molecular flexibility index (Phi) is 4.22. The summed E-state index contributed by atoms with van der Waals surface area (Å²) in [4.78, 5) is 16.6. The Morgan fingerprint density at radius 3 is 2.67 bits per heavy atom. The number of nitrogens with zero attached hydrogens (tertiary/aromatic N) is 2. The Bertz CT molecular complexity index is 580. The summed E-state index contributed by atoms with van der Waals surface area (Å²) in [5.41, 5.74) is 3.83. The third-order valence-electron chi connectivity index (χ3n) is 2.20. The molecule has 0 aliphatic heterocycles. The molecule has 2 aromatic heterocycles. The van der Waals surface area contributed by atoms with Crippen LogP contribution >= 0.6 is 27.3 Å². The van der Waals surface area contributed by atoms with E-state index in [0.29, 0.717) is 5.56 Å². The van der Waals surface area contributed by atoms with Gasteiger partial charge in [0.2, 0.25) is 0 Å². The summed E-state index contributed by atoms with van der Waals surface area (Å²) >= 11 is 4.95. The predicted molar refractivity (Wildman–Crippen MR) is 75.9 cm³/mol. The molecule has 0 bridgehead atoms. The number of hydrogen-bond donors (Lipinski definition) is 1. The zero-order valence-corrected chi connectivity index (χ0v) is 12.0. The van der Waals surface area contributed by atoms with Crippen LogP contribution in [0.4, 0.5) is 0 Å². The number of halogens is 1. The Balaban J connectivity index is 2.05. The Morgan fingerprint density at radius 2 is 2.06 bits per heavy atom. The van der Waals surface area contributed by atoms with Gasteiger partial charge in [0.05, 0.1) is 14.4 Å². The average Bonchev–Trinajstić information content (AvgIpc) is 2.83. The summed E-state index contributed by atoms with van der Waals surface area (Å²) in [6, 6.07) is 7.18. The van der Waals surface area contributed by atoms with Crippen molar-refractivity contribution >= 4 is 38.9 Å². The minimum atomic E-state index is -0.243. The summed E-state index contributed by atoms with van der Waals surface area (Å²) in [6.07, 6.45) is 3.14. The second-order valence-corrected chi connectivity index (χ2v) is 5.94. The lowest BCUT2D eigenvalue weighted by Gasteiger charge is -2.00. The summed E-state index contributed by atoms with van der Waals surface area (Å²) in [5, 5.41) is 4.07. The van der Waals surface area contributed by atoms with E-state index in [2.05, 4.69) is 31.4 Å². The maximum absolute atomic E-state index is 11.7. The number of rotatable bonds is 3. The van der Waals surface area contributed by atoms with Gasteiger partial charge in [0, 0.05) is 18.0 Å². The number of pyridine rings is 1. The molecule has 1 N–H and O–H groups in total. The van der Waals surface area contributed by atoms with Gasteiger partial charge in [-0.25, -0.2) is 5.43 Å². The van der Waals surface area contributed by atoms with Gasteiger partial charge in [-0.3, -0.25) is 9.78 Å². The van der Waals surface area contributed by atoms with E-state index < -0.39 is 0 Å². The number of carbonyl (C=O) groups is 1. The van der Waals surface area contributed by atoms with Gasteiger partial charge in [0.15, 0.2) is 0 Å². The largest absolute Gasteiger partial charge is 0.271 e. The molecule has 0 saturated heterocycles. The molecule has 2 aromatic rings. The predicted octanol–water partition coefficient (Wildman–Crippen LogP) is 3.06. The maximum Gasteiger partial charge on any atom is 0.271 e. The van der Waals surface area contributed by atoms with Crippen LogP contribution < -0.4 is 5.43 Å². The smallest absolute Gasteiger partial charge is 0.267 e.